The van der Waals surface area contributed by atoms with Gasteiger partial charge in [-0.3, -0.25) is 5.84 Å². The minimum Gasteiger partial charge on any atom is -0.457 e. The van der Waals surface area contributed by atoms with Crippen LogP contribution in [0.15, 0.2) is 36.4 Å². The molecule has 0 aliphatic rings. The molecule has 0 unspecified atom stereocenters. The average Bonchev–Trinajstić information content (AvgIpc) is 2.40. The third kappa shape index (κ3) is 3.40. The zero-order valence-electron chi connectivity index (χ0n) is 11.4. The molecule has 0 heterocycles. The number of hydrogen-bond donors (Lipinski definition) is 2. The Morgan fingerprint density at radius 2 is 1.47 bits per heavy atom. The van der Waals surface area contributed by atoms with Gasteiger partial charge in [-0.1, -0.05) is 12.1 Å². The molecule has 0 spiro atoms. The average molecular weight is 279 g/mol. The van der Waals surface area contributed by atoms with Crippen molar-refractivity contribution in [3.8, 4) is 11.5 Å². The number of ether oxygens (including phenoxy) is 1. The van der Waals surface area contributed by atoms with E-state index in [9.17, 15) is 0 Å². The van der Waals surface area contributed by atoms with Gasteiger partial charge in [0.1, 0.15) is 11.5 Å². The molecule has 2 rings (SSSR count). The molecule has 0 atom stereocenters. The summed E-state index contributed by atoms with van der Waals surface area (Å²) in [5.41, 5.74) is 7.00. The Morgan fingerprint density at radius 3 is 2.05 bits per heavy atom. The summed E-state index contributed by atoms with van der Waals surface area (Å²) < 4.78 is 5.95. The van der Waals surface area contributed by atoms with E-state index in [-0.39, 0.29) is 12.4 Å². The largest absolute Gasteiger partial charge is 0.457 e. The Morgan fingerprint density at radius 1 is 0.895 bits per heavy atom. The molecule has 0 saturated carbocycles. The summed E-state index contributed by atoms with van der Waals surface area (Å²) in [7, 11) is 0. The van der Waals surface area contributed by atoms with E-state index in [1.165, 1.54) is 11.1 Å². The van der Waals surface area contributed by atoms with Crippen LogP contribution in [0.5, 0.6) is 11.5 Å². The van der Waals surface area contributed by atoms with Crippen LogP contribution in [0, 0.1) is 20.8 Å². The summed E-state index contributed by atoms with van der Waals surface area (Å²) in [5, 5.41) is 0. The smallest absolute Gasteiger partial charge is 0.133 e. The first-order chi connectivity index (χ1) is 8.61. The van der Waals surface area contributed by atoms with E-state index in [0.29, 0.717) is 0 Å². The van der Waals surface area contributed by atoms with Crippen molar-refractivity contribution in [3.63, 3.8) is 0 Å². The number of hydrazine groups is 1. The number of nitrogen functional groups attached to an aromatic ring is 1. The number of nitrogens with one attached hydrogen (secondary N) is 1. The molecule has 2 aromatic rings. The maximum atomic E-state index is 5.95. The molecule has 0 radical (unpaired) electrons. The van der Waals surface area contributed by atoms with Crippen LogP contribution in [0.1, 0.15) is 16.7 Å². The summed E-state index contributed by atoms with van der Waals surface area (Å²) >= 11 is 0. The van der Waals surface area contributed by atoms with Gasteiger partial charge < -0.3 is 10.2 Å². The number of rotatable bonds is 3. The molecule has 3 nitrogen and oxygen atoms in total. The van der Waals surface area contributed by atoms with Crippen molar-refractivity contribution in [2.45, 2.75) is 20.8 Å². The van der Waals surface area contributed by atoms with Crippen molar-refractivity contribution in [3.05, 3.63) is 53.1 Å². The maximum absolute atomic E-state index is 5.95. The van der Waals surface area contributed by atoms with Crippen molar-refractivity contribution in [1.82, 2.24) is 0 Å². The normalized spacial score (nSPS) is 9.68. The topological polar surface area (TPSA) is 47.3 Å². The first-order valence-corrected chi connectivity index (χ1v) is 5.93. The fourth-order valence-electron chi connectivity index (χ4n) is 1.82. The molecule has 0 aliphatic heterocycles. The zero-order valence-corrected chi connectivity index (χ0v) is 12.2. The molecule has 0 aromatic heterocycles. The van der Waals surface area contributed by atoms with Crippen LogP contribution in [-0.2, 0) is 0 Å². The van der Waals surface area contributed by atoms with Crippen LogP contribution in [0.4, 0.5) is 5.69 Å². The van der Waals surface area contributed by atoms with Gasteiger partial charge in [-0.15, -0.1) is 12.4 Å². The molecule has 4 heteroatoms. The van der Waals surface area contributed by atoms with Gasteiger partial charge in [0.25, 0.3) is 0 Å². The highest BCUT2D eigenvalue weighted by Crippen LogP contribution is 2.30. The number of nitrogens with two attached hydrogens (primary N) is 1. The minimum atomic E-state index is 0. The van der Waals surface area contributed by atoms with E-state index < -0.39 is 0 Å². The molecule has 19 heavy (non-hydrogen) atoms. The van der Waals surface area contributed by atoms with E-state index >= 15 is 0 Å². The van der Waals surface area contributed by atoms with Crippen LogP contribution >= 0.6 is 12.4 Å². The van der Waals surface area contributed by atoms with Gasteiger partial charge in [-0.2, -0.15) is 0 Å². The van der Waals surface area contributed by atoms with E-state index in [1.54, 1.807) is 0 Å². The lowest BCUT2D eigenvalue weighted by molar-refractivity contribution is 0.474. The maximum Gasteiger partial charge on any atom is 0.133 e. The number of aryl methyl sites for hydroxylation is 2. The lowest BCUT2D eigenvalue weighted by Crippen LogP contribution is -2.06. The quantitative estimate of drug-likeness (QED) is 0.656. The minimum absolute atomic E-state index is 0. The second-order valence-corrected chi connectivity index (χ2v) is 4.42. The molecule has 0 bridgehead atoms. The van der Waals surface area contributed by atoms with Crippen LogP contribution in [-0.4, -0.2) is 0 Å². The lowest BCUT2D eigenvalue weighted by atomic mass is 10.1. The SMILES string of the molecule is Cc1ccc(C)c(Oc2ccc(NN)cc2)c1C.Cl. The molecule has 2 aromatic carbocycles. The fourth-order valence-corrected chi connectivity index (χ4v) is 1.82. The van der Waals surface area contributed by atoms with Gasteiger partial charge in [-0.05, 0) is 61.7 Å². The summed E-state index contributed by atoms with van der Waals surface area (Å²) in [6, 6.07) is 11.8. The van der Waals surface area contributed by atoms with E-state index in [4.69, 9.17) is 10.6 Å². The van der Waals surface area contributed by atoms with Gasteiger partial charge in [0.2, 0.25) is 0 Å². The predicted molar refractivity (Wildman–Crippen MR) is 82.2 cm³/mol. The van der Waals surface area contributed by atoms with Crippen molar-refractivity contribution in [2.75, 3.05) is 5.43 Å². The van der Waals surface area contributed by atoms with Crippen LogP contribution in [0.25, 0.3) is 0 Å². The summed E-state index contributed by atoms with van der Waals surface area (Å²) in [6.07, 6.45) is 0. The Hall–Kier alpha value is -1.71. The monoisotopic (exact) mass is 278 g/mol. The number of anilines is 1. The fraction of sp³-hybridized carbons (Fsp3) is 0.200. The van der Waals surface area contributed by atoms with Gasteiger partial charge in [0.05, 0.1) is 0 Å². The molecular formula is C15H19ClN2O. The molecule has 0 saturated heterocycles. The standard InChI is InChI=1S/C15H18N2O.ClH/c1-10-4-5-11(2)15(12(10)3)18-14-8-6-13(17-16)7-9-14;/h4-9,17H,16H2,1-3H3;1H. The van der Waals surface area contributed by atoms with Gasteiger partial charge in [0, 0.05) is 5.69 Å². The molecule has 102 valence electrons. The lowest BCUT2D eigenvalue weighted by Gasteiger charge is -2.13. The van der Waals surface area contributed by atoms with Crippen LogP contribution in [0.3, 0.4) is 0 Å². The number of hydrogen-bond acceptors (Lipinski definition) is 3. The number of halogens is 1. The van der Waals surface area contributed by atoms with Crippen LogP contribution < -0.4 is 16.0 Å². The van der Waals surface area contributed by atoms with Crippen molar-refractivity contribution in [1.29, 1.82) is 0 Å². The van der Waals surface area contributed by atoms with Gasteiger partial charge in [-0.25, -0.2) is 0 Å². The Bertz CT molecular complexity index is 553. The summed E-state index contributed by atoms with van der Waals surface area (Å²) in [4.78, 5) is 0. The Balaban J connectivity index is 0.00000180. The Kier molecular flexibility index (Phi) is 5.21. The predicted octanol–water partition coefficient (Wildman–Crippen LogP) is 4.11. The van der Waals surface area contributed by atoms with E-state index in [2.05, 4.69) is 38.3 Å². The highest BCUT2D eigenvalue weighted by Gasteiger charge is 2.07. The second kappa shape index (κ2) is 6.45. The number of benzene rings is 2. The van der Waals surface area contributed by atoms with Gasteiger partial charge >= 0.3 is 0 Å². The van der Waals surface area contributed by atoms with Gasteiger partial charge in [0.15, 0.2) is 0 Å². The molecule has 3 N–H and O–H groups in total. The molecule has 0 fully saturated rings. The zero-order chi connectivity index (χ0) is 13.1. The summed E-state index contributed by atoms with van der Waals surface area (Å²) in [6.45, 7) is 6.22. The molecule has 0 aliphatic carbocycles. The highest BCUT2D eigenvalue weighted by atomic mass is 35.5. The van der Waals surface area contributed by atoms with Crippen LogP contribution in [0.2, 0.25) is 0 Å². The highest BCUT2D eigenvalue weighted by molar-refractivity contribution is 5.85. The second-order valence-electron chi connectivity index (χ2n) is 4.42. The van der Waals surface area contributed by atoms with Crippen molar-refractivity contribution in [2.24, 2.45) is 5.84 Å². The van der Waals surface area contributed by atoms with Crippen molar-refractivity contribution < 1.29 is 4.74 Å². The summed E-state index contributed by atoms with van der Waals surface area (Å²) in [5.74, 6) is 7.07. The first-order valence-electron chi connectivity index (χ1n) is 5.93. The van der Waals surface area contributed by atoms with Crippen molar-refractivity contribution >= 4 is 18.1 Å². The first kappa shape index (κ1) is 15.3. The van der Waals surface area contributed by atoms with E-state index in [0.717, 1.165) is 22.7 Å². The molecule has 0 amide bonds. The third-order valence-electron chi connectivity index (χ3n) is 3.11. The Labute approximate surface area is 120 Å². The van der Waals surface area contributed by atoms with E-state index in [1.807, 2.05) is 24.3 Å². The molecular weight excluding hydrogens is 260 g/mol. The third-order valence-corrected chi connectivity index (χ3v) is 3.11.